The number of carbonyl (C=O) groups is 1. The van der Waals surface area contributed by atoms with Crippen molar-refractivity contribution in [2.75, 3.05) is 12.4 Å². The Balaban J connectivity index is 2.16. The van der Waals surface area contributed by atoms with Gasteiger partial charge in [-0.25, -0.2) is 0 Å². The molecule has 2 aromatic carbocycles. The molecule has 20 heavy (non-hydrogen) atoms. The highest BCUT2D eigenvalue weighted by molar-refractivity contribution is 5.73. The van der Waals surface area contributed by atoms with Crippen molar-refractivity contribution in [2.24, 2.45) is 0 Å². The smallest absolute Gasteiger partial charge is 0.317 e. The second-order valence-electron chi connectivity index (χ2n) is 4.09. The Morgan fingerprint density at radius 3 is 2.55 bits per heavy atom. The van der Waals surface area contributed by atoms with Crippen LogP contribution in [0.25, 0.3) is 0 Å². The average Bonchev–Trinajstić information content (AvgIpc) is 2.50. The third-order valence-electron chi connectivity index (χ3n) is 2.66. The molecule has 0 spiro atoms. The molecular formula is C17H15NO2. The largest absolute Gasteiger partial charge is 0.468 e. The van der Waals surface area contributed by atoms with E-state index in [1.165, 1.54) is 7.11 Å². The van der Waals surface area contributed by atoms with Gasteiger partial charge in [0.15, 0.2) is 0 Å². The van der Waals surface area contributed by atoms with Crippen molar-refractivity contribution in [3.8, 4) is 11.8 Å². The molecule has 100 valence electrons. The first kappa shape index (κ1) is 13.7. The van der Waals surface area contributed by atoms with Gasteiger partial charge in [0, 0.05) is 11.3 Å². The summed E-state index contributed by atoms with van der Waals surface area (Å²) in [5.41, 5.74) is 2.76. The molecule has 0 atom stereocenters. The quantitative estimate of drug-likeness (QED) is 0.683. The topological polar surface area (TPSA) is 38.3 Å². The summed E-state index contributed by atoms with van der Waals surface area (Å²) in [4.78, 5) is 11.0. The van der Waals surface area contributed by atoms with Crippen molar-refractivity contribution in [3.05, 3.63) is 60.2 Å². The van der Waals surface area contributed by atoms with Gasteiger partial charge in [-0.1, -0.05) is 42.2 Å². The molecule has 0 amide bonds. The van der Waals surface area contributed by atoms with Gasteiger partial charge in [0.2, 0.25) is 0 Å². The minimum Gasteiger partial charge on any atom is -0.468 e. The predicted molar refractivity (Wildman–Crippen MR) is 79.7 cm³/mol. The lowest BCUT2D eigenvalue weighted by Crippen LogP contribution is -1.97. The fourth-order valence-electron chi connectivity index (χ4n) is 1.66. The fourth-order valence-corrected chi connectivity index (χ4v) is 1.66. The van der Waals surface area contributed by atoms with Crippen LogP contribution in [0.4, 0.5) is 11.4 Å². The summed E-state index contributed by atoms with van der Waals surface area (Å²) < 4.78 is 4.56. The molecule has 2 aromatic rings. The number of methoxy groups -OCH3 is 1. The van der Waals surface area contributed by atoms with E-state index in [0.29, 0.717) is 0 Å². The van der Waals surface area contributed by atoms with Crippen molar-refractivity contribution in [2.45, 2.75) is 6.42 Å². The van der Waals surface area contributed by atoms with Crippen molar-refractivity contribution in [3.63, 3.8) is 0 Å². The normalized spacial score (nSPS) is 9.25. The van der Waals surface area contributed by atoms with Crippen LogP contribution in [0.2, 0.25) is 0 Å². The van der Waals surface area contributed by atoms with E-state index < -0.39 is 0 Å². The molecule has 0 heterocycles. The number of rotatable bonds is 3. The number of benzene rings is 2. The van der Waals surface area contributed by atoms with Gasteiger partial charge in [0.25, 0.3) is 0 Å². The molecule has 0 aliphatic rings. The number of anilines is 2. The molecule has 0 unspecified atom stereocenters. The van der Waals surface area contributed by atoms with Crippen molar-refractivity contribution in [1.29, 1.82) is 0 Å². The Morgan fingerprint density at radius 1 is 1.10 bits per heavy atom. The first-order chi connectivity index (χ1) is 9.79. The third-order valence-corrected chi connectivity index (χ3v) is 2.66. The van der Waals surface area contributed by atoms with Crippen molar-refractivity contribution < 1.29 is 9.53 Å². The SMILES string of the molecule is COC(=O)CC#Cc1ccccc1Nc1ccccc1. The maximum atomic E-state index is 11.0. The summed E-state index contributed by atoms with van der Waals surface area (Å²) in [6.45, 7) is 0. The zero-order valence-electron chi connectivity index (χ0n) is 11.2. The van der Waals surface area contributed by atoms with Crippen LogP contribution in [-0.4, -0.2) is 13.1 Å². The molecule has 0 saturated carbocycles. The number of hydrogen-bond donors (Lipinski definition) is 1. The first-order valence-electron chi connectivity index (χ1n) is 6.26. The molecule has 2 rings (SSSR count). The Hall–Kier alpha value is -2.73. The van der Waals surface area contributed by atoms with E-state index in [4.69, 9.17) is 0 Å². The lowest BCUT2D eigenvalue weighted by molar-refractivity contribution is -0.139. The standard InChI is InChI=1S/C17H15NO2/c1-20-17(19)13-7-9-14-8-5-6-12-16(14)18-15-10-3-2-4-11-15/h2-6,8,10-12,18H,13H2,1H3. The Labute approximate surface area is 118 Å². The van der Waals surface area contributed by atoms with Crippen LogP contribution in [0, 0.1) is 11.8 Å². The van der Waals surface area contributed by atoms with Gasteiger partial charge in [-0.05, 0) is 24.3 Å². The van der Waals surface area contributed by atoms with Gasteiger partial charge in [-0.15, -0.1) is 0 Å². The number of hydrogen-bond acceptors (Lipinski definition) is 3. The Kier molecular flexibility index (Phi) is 4.80. The van der Waals surface area contributed by atoms with Crippen LogP contribution in [0.5, 0.6) is 0 Å². The highest BCUT2D eigenvalue weighted by Gasteiger charge is 1.99. The molecule has 0 saturated heterocycles. The second-order valence-corrected chi connectivity index (χ2v) is 4.09. The van der Waals surface area contributed by atoms with Gasteiger partial charge in [-0.2, -0.15) is 0 Å². The van der Waals surface area contributed by atoms with Crippen LogP contribution in [0.3, 0.4) is 0 Å². The lowest BCUT2D eigenvalue weighted by atomic mass is 10.1. The molecule has 0 bridgehead atoms. The van der Waals surface area contributed by atoms with E-state index in [0.717, 1.165) is 16.9 Å². The van der Waals surface area contributed by atoms with Gasteiger partial charge in [0.05, 0.1) is 12.8 Å². The average molecular weight is 265 g/mol. The monoisotopic (exact) mass is 265 g/mol. The van der Waals surface area contributed by atoms with E-state index >= 15 is 0 Å². The number of nitrogens with one attached hydrogen (secondary N) is 1. The molecule has 1 N–H and O–H groups in total. The van der Waals surface area contributed by atoms with E-state index in [-0.39, 0.29) is 12.4 Å². The number of esters is 1. The number of para-hydroxylation sites is 2. The van der Waals surface area contributed by atoms with E-state index in [1.54, 1.807) is 0 Å². The zero-order chi connectivity index (χ0) is 14.2. The van der Waals surface area contributed by atoms with Crippen LogP contribution < -0.4 is 5.32 Å². The fraction of sp³-hybridized carbons (Fsp3) is 0.118. The number of carbonyl (C=O) groups excluding carboxylic acids is 1. The highest BCUT2D eigenvalue weighted by atomic mass is 16.5. The summed E-state index contributed by atoms with van der Waals surface area (Å²) >= 11 is 0. The van der Waals surface area contributed by atoms with Crippen molar-refractivity contribution >= 4 is 17.3 Å². The van der Waals surface area contributed by atoms with Crippen LogP contribution in [0.1, 0.15) is 12.0 Å². The van der Waals surface area contributed by atoms with Crippen LogP contribution in [-0.2, 0) is 9.53 Å². The molecule has 0 fully saturated rings. The summed E-state index contributed by atoms with van der Waals surface area (Å²) in [5.74, 6) is 5.47. The summed E-state index contributed by atoms with van der Waals surface area (Å²) in [7, 11) is 1.36. The summed E-state index contributed by atoms with van der Waals surface area (Å²) in [6.07, 6.45) is 0.0934. The summed E-state index contributed by atoms with van der Waals surface area (Å²) in [5, 5.41) is 3.31. The molecule has 0 aliphatic carbocycles. The molecular weight excluding hydrogens is 250 g/mol. The van der Waals surface area contributed by atoms with Gasteiger partial charge in [0.1, 0.15) is 6.42 Å². The highest BCUT2D eigenvalue weighted by Crippen LogP contribution is 2.19. The first-order valence-corrected chi connectivity index (χ1v) is 6.26. The van der Waals surface area contributed by atoms with Gasteiger partial charge in [-0.3, -0.25) is 4.79 Å². The maximum Gasteiger partial charge on any atom is 0.317 e. The zero-order valence-corrected chi connectivity index (χ0v) is 11.2. The molecule has 0 aromatic heterocycles. The molecule has 0 aliphatic heterocycles. The Bertz CT molecular complexity index is 639. The maximum absolute atomic E-state index is 11.0. The molecule has 3 heteroatoms. The molecule has 3 nitrogen and oxygen atoms in total. The van der Waals surface area contributed by atoms with E-state index in [2.05, 4.69) is 21.9 Å². The van der Waals surface area contributed by atoms with Crippen LogP contribution in [0.15, 0.2) is 54.6 Å². The minimum absolute atomic E-state index is 0.0934. The molecule has 0 radical (unpaired) electrons. The van der Waals surface area contributed by atoms with E-state index in [9.17, 15) is 4.79 Å². The Morgan fingerprint density at radius 2 is 1.80 bits per heavy atom. The van der Waals surface area contributed by atoms with Gasteiger partial charge < -0.3 is 10.1 Å². The van der Waals surface area contributed by atoms with Crippen LogP contribution >= 0.6 is 0 Å². The predicted octanol–water partition coefficient (Wildman–Crippen LogP) is 3.34. The summed E-state index contributed by atoms with van der Waals surface area (Å²) in [6, 6.07) is 17.6. The van der Waals surface area contributed by atoms with E-state index in [1.807, 2.05) is 54.6 Å². The van der Waals surface area contributed by atoms with Crippen molar-refractivity contribution in [1.82, 2.24) is 0 Å². The second kappa shape index (κ2) is 7.01. The minimum atomic E-state index is -0.328. The van der Waals surface area contributed by atoms with Gasteiger partial charge >= 0.3 is 5.97 Å². The number of ether oxygens (including phenoxy) is 1. The lowest BCUT2D eigenvalue weighted by Gasteiger charge is -2.08. The third kappa shape index (κ3) is 3.89.